The van der Waals surface area contributed by atoms with Crippen LogP contribution in [-0.4, -0.2) is 75.5 Å². The molecule has 0 spiro atoms. The van der Waals surface area contributed by atoms with Crippen molar-refractivity contribution in [1.82, 2.24) is 15.5 Å². The molecule has 2 N–H and O–H groups in total. The van der Waals surface area contributed by atoms with Gasteiger partial charge in [-0.2, -0.15) is 0 Å². The average molecular weight is 456 g/mol. The van der Waals surface area contributed by atoms with Crippen LogP contribution in [0.5, 0.6) is 0 Å². The molecule has 1 heterocycles. The van der Waals surface area contributed by atoms with E-state index in [0.717, 1.165) is 51.6 Å². The second-order valence-corrected chi connectivity index (χ2v) is 6.78. The molecule has 144 valence electrons. The molecule has 1 rings (SSSR count). The van der Waals surface area contributed by atoms with E-state index in [-0.39, 0.29) is 29.6 Å². The molecule has 0 saturated carbocycles. The Morgan fingerprint density at radius 2 is 1.75 bits per heavy atom. The number of nitrogens with zero attached hydrogens (tertiary/aromatic N) is 2. The van der Waals surface area contributed by atoms with Crippen molar-refractivity contribution < 1.29 is 9.47 Å². The van der Waals surface area contributed by atoms with Crippen molar-refractivity contribution in [2.24, 2.45) is 4.99 Å². The molecule has 1 aliphatic heterocycles. The highest BCUT2D eigenvalue weighted by atomic mass is 127. The Kier molecular flexibility index (Phi) is 12.2. The minimum Gasteiger partial charge on any atom is -0.381 e. The minimum atomic E-state index is -0.141. The largest absolute Gasteiger partial charge is 0.381 e. The second kappa shape index (κ2) is 12.3. The Labute approximate surface area is 165 Å². The van der Waals surface area contributed by atoms with Gasteiger partial charge in [-0.15, -0.1) is 24.0 Å². The van der Waals surface area contributed by atoms with Gasteiger partial charge >= 0.3 is 0 Å². The number of guanidine groups is 1. The summed E-state index contributed by atoms with van der Waals surface area (Å²) in [6.07, 6.45) is 1.84. The van der Waals surface area contributed by atoms with Gasteiger partial charge in [0.05, 0.1) is 5.60 Å². The summed E-state index contributed by atoms with van der Waals surface area (Å²) < 4.78 is 11.2. The van der Waals surface area contributed by atoms with Crippen LogP contribution in [0.25, 0.3) is 0 Å². The SMILES string of the molecule is CN=C(NCCN(C(C)C)C(C)C)NCC1(OC)CCOCC1.I. The van der Waals surface area contributed by atoms with Gasteiger partial charge in [0.25, 0.3) is 0 Å². The summed E-state index contributed by atoms with van der Waals surface area (Å²) in [5.41, 5.74) is -0.141. The van der Waals surface area contributed by atoms with E-state index < -0.39 is 0 Å². The quantitative estimate of drug-likeness (QED) is 0.333. The van der Waals surface area contributed by atoms with Gasteiger partial charge < -0.3 is 20.1 Å². The molecule has 1 saturated heterocycles. The number of methoxy groups -OCH3 is 1. The summed E-state index contributed by atoms with van der Waals surface area (Å²) in [4.78, 5) is 6.78. The molecule has 0 radical (unpaired) electrons. The molecule has 1 aliphatic rings. The monoisotopic (exact) mass is 456 g/mol. The standard InChI is InChI=1S/C17H36N4O2.HI/c1-14(2)21(15(3)4)10-9-19-16(18-5)20-13-17(22-6)7-11-23-12-8-17;/h14-15H,7-13H2,1-6H3,(H2,18,19,20);1H. The first-order chi connectivity index (χ1) is 10.9. The number of hydrogen-bond acceptors (Lipinski definition) is 4. The number of rotatable bonds is 8. The zero-order valence-corrected chi connectivity index (χ0v) is 18.6. The number of nitrogens with one attached hydrogen (secondary N) is 2. The van der Waals surface area contributed by atoms with Crippen LogP contribution in [0.15, 0.2) is 4.99 Å². The first-order valence-corrected chi connectivity index (χ1v) is 8.77. The third kappa shape index (κ3) is 7.84. The van der Waals surface area contributed by atoms with E-state index in [1.54, 1.807) is 14.2 Å². The molecular formula is C17H37IN4O2. The molecule has 7 heteroatoms. The van der Waals surface area contributed by atoms with Crippen LogP contribution in [-0.2, 0) is 9.47 Å². The van der Waals surface area contributed by atoms with E-state index in [1.807, 2.05) is 0 Å². The fourth-order valence-electron chi connectivity index (χ4n) is 3.08. The maximum absolute atomic E-state index is 5.75. The zero-order chi connectivity index (χ0) is 17.3. The highest BCUT2D eigenvalue weighted by Crippen LogP contribution is 2.23. The topological polar surface area (TPSA) is 58.1 Å². The van der Waals surface area contributed by atoms with Gasteiger partial charge in [-0.25, -0.2) is 0 Å². The molecule has 0 aromatic rings. The fraction of sp³-hybridized carbons (Fsp3) is 0.941. The van der Waals surface area contributed by atoms with Crippen molar-refractivity contribution in [2.45, 2.75) is 58.2 Å². The molecule has 0 aromatic heterocycles. The number of ether oxygens (including phenoxy) is 2. The number of aliphatic imine (C=N–C) groups is 1. The lowest BCUT2D eigenvalue weighted by molar-refractivity contribution is -0.0855. The minimum absolute atomic E-state index is 0. The Morgan fingerprint density at radius 1 is 1.17 bits per heavy atom. The first-order valence-electron chi connectivity index (χ1n) is 8.77. The van der Waals surface area contributed by atoms with E-state index in [9.17, 15) is 0 Å². The van der Waals surface area contributed by atoms with E-state index in [4.69, 9.17) is 9.47 Å². The van der Waals surface area contributed by atoms with Gasteiger partial charge in [0.1, 0.15) is 0 Å². The van der Waals surface area contributed by atoms with E-state index >= 15 is 0 Å². The van der Waals surface area contributed by atoms with E-state index in [1.165, 1.54) is 0 Å². The van der Waals surface area contributed by atoms with Gasteiger partial charge in [0.2, 0.25) is 0 Å². The van der Waals surface area contributed by atoms with Crippen molar-refractivity contribution in [3.8, 4) is 0 Å². The fourth-order valence-corrected chi connectivity index (χ4v) is 3.08. The highest BCUT2D eigenvalue weighted by Gasteiger charge is 2.32. The lowest BCUT2D eigenvalue weighted by atomic mass is 9.94. The van der Waals surface area contributed by atoms with Crippen LogP contribution in [0.3, 0.4) is 0 Å². The van der Waals surface area contributed by atoms with Crippen LogP contribution in [0, 0.1) is 0 Å². The Bertz CT molecular complexity index is 350. The molecule has 24 heavy (non-hydrogen) atoms. The predicted octanol–water partition coefficient (Wildman–Crippen LogP) is 2.08. The molecule has 1 fully saturated rings. The van der Waals surface area contributed by atoms with Crippen molar-refractivity contribution in [2.75, 3.05) is 47.0 Å². The molecule has 0 atom stereocenters. The maximum Gasteiger partial charge on any atom is 0.191 e. The van der Waals surface area contributed by atoms with E-state index in [0.29, 0.717) is 12.1 Å². The molecule has 0 bridgehead atoms. The van der Waals surface area contributed by atoms with Crippen LogP contribution < -0.4 is 10.6 Å². The van der Waals surface area contributed by atoms with Gasteiger partial charge in [0.15, 0.2) is 5.96 Å². The molecule has 0 amide bonds. The second-order valence-electron chi connectivity index (χ2n) is 6.78. The summed E-state index contributed by atoms with van der Waals surface area (Å²) in [5.74, 6) is 0.834. The zero-order valence-electron chi connectivity index (χ0n) is 16.2. The molecule has 0 aliphatic carbocycles. The smallest absolute Gasteiger partial charge is 0.191 e. The van der Waals surface area contributed by atoms with Crippen molar-refractivity contribution in [3.63, 3.8) is 0 Å². The normalized spacial score (nSPS) is 18.0. The van der Waals surface area contributed by atoms with Crippen molar-refractivity contribution >= 4 is 29.9 Å². The van der Waals surface area contributed by atoms with E-state index in [2.05, 4.69) is 48.2 Å². The summed E-state index contributed by atoms with van der Waals surface area (Å²) in [6, 6.07) is 1.09. The summed E-state index contributed by atoms with van der Waals surface area (Å²) in [6.45, 7) is 13.1. The lowest BCUT2D eigenvalue weighted by Crippen LogP contribution is -2.51. The summed E-state index contributed by atoms with van der Waals surface area (Å²) in [5, 5.41) is 6.80. The Balaban J connectivity index is 0.00000529. The molecule has 0 aromatic carbocycles. The first kappa shape index (κ1) is 23.9. The van der Waals surface area contributed by atoms with Gasteiger partial charge in [-0.05, 0) is 27.7 Å². The number of hydrogen-bond donors (Lipinski definition) is 2. The summed E-state index contributed by atoms with van der Waals surface area (Å²) in [7, 11) is 3.59. The summed E-state index contributed by atoms with van der Waals surface area (Å²) >= 11 is 0. The third-order valence-electron chi connectivity index (χ3n) is 4.63. The average Bonchev–Trinajstić information content (AvgIpc) is 2.54. The highest BCUT2D eigenvalue weighted by molar-refractivity contribution is 14.0. The van der Waals surface area contributed by atoms with Crippen molar-refractivity contribution in [3.05, 3.63) is 0 Å². The molecular weight excluding hydrogens is 419 g/mol. The molecule has 6 nitrogen and oxygen atoms in total. The van der Waals surface area contributed by atoms with Crippen LogP contribution in [0.2, 0.25) is 0 Å². The third-order valence-corrected chi connectivity index (χ3v) is 4.63. The van der Waals surface area contributed by atoms with Gasteiger partial charge in [-0.3, -0.25) is 9.89 Å². The van der Waals surface area contributed by atoms with Gasteiger partial charge in [0, 0.05) is 71.9 Å². The maximum atomic E-state index is 5.75. The number of halogens is 1. The molecule has 0 unspecified atom stereocenters. The Hall–Kier alpha value is -0.120. The van der Waals surface area contributed by atoms with Crippen LogP contribution >= 0.6 is 24.0 Å². The van der Waals surface area contributed by atoms with Crippen LogP contribution in [0.1, 0.15) is 40.5 Å². The predicted molar refractivity (Wildman–Crippen MR) is 112 cm³/mol. The van der Waals surface area contributed by atoms with Gasteiger partial charge in [-0.1, -0.05) is 0 Å². The van der Waals surface area contributed by atoms with Crippen molar-refractivity contribution in [1.29, 1.82) is 0 Å². The lowest BCUT2D eigenvalue weighted by Gasteiger charge is -2.36. The van der Waals surface area contributed by atoms with Crippen LogP contribution in [0.4, 0.5) is 0 Å². The Morgan fingerprint density at radius 3 is 2.21 bits per heavy atom.